The minimum atomic E-state index is -2.92. The first-order chi connectivity index (χ1) is 15.0. The number of benzene rings is 3. The van der Waals surface area contributed by atoms with Gasteiger partial charge in [0, 0.05) is 16.8 Å². The number of ether oxygens (including phenoxy) is 1. The molecule has 0 fully saturated rings. The molecule has 1 N–H and O–H groups in total. The van der Waals surface area contributed by atoms with Gasteiger partial charge in [0.1, 0.15) is 11.6 Å². The van der Waals surface area contributed by atoms with Crippen LogP contribution in [0.1, 0.15) is 10.4 Å². The van der Waals surface area contributed by atoms with Crippen LogP contribution in [0.5, 0.6) is 5.75 Å². The standard InChI is InChI=1S/C23H15F3N2O3/c24-15-7-5-14(6-8-15)20-13-27-22(31-20)19-4-2-1-3-18(19)21(29)28-16-9-11-17(12-10-16)30-23(25)26/h1-13,23H,(H,28,29). The minimum absolute atomic E-state index is 0.0125. The zero-order valence-electron chi connectivity index (χ0n) is 15.9. The first kappa shape index (κ1) is 20.2. The summed E-state index contributed by atoms with van der Waals surface area (Å²) in [5.74, 6) is -0.147. The van der Waals surface area contributed by atoms with Gasteiger partial charge in [-0.05, 0) is 60.7 Å². The van der Waals surface area contributed by atoms with Crippen LogP contribution in [0.4, 0.5) is 18.9 Å². The Morgan fingerprint density at radius 3 is 2.39 bits per heavy atom. The molecule has 4 rings (SSSR count). The highest BCUT2D eigenvalue weighted by Crippen LogP contribution is 2.29. The van der Waals surface area contributed by atoms with E-state index in [0.29, 0.717) is 28.1 Å². The van der Waals surface area contributed by atoms with Crippen LogP contribution in [0, 0.1) is 5.82 Å². The van der Waals surface area contributed by atoms with Crippen molar-refractivity contribution in [2.45, 2.75) is 6.61 Å². The summed E-state index contributed by atoms with van der Waals surface area (Å²) in [4.78, 5) is 17.1. The number of alkyl halides is 2. The summed E-state index contributed by atoms with van der Waals surface area (Å²) in [5, 5.41) is 2.70. The van der Waals surface area contributed by atoms with Gasteiger partial charge in [0.25, 0.3) is 5.91 Å². The third kappa shape index (κ3) is 4.75. The number of nitrogens with one attached hydrogen (secondary N) is 1. The number of aromatic nitrogens is 1. The van der Waals surface area contributed by atoms with Gasteiger partial charge in [-0.1, -0.05) is 12.1 Å². The molecule has 4 aromatic rings. The number of amides is 1. The number of oxazole rings is 1. The second kappa shape index (κ2) is 8.74. The van der Waals surface area contributed by atoms with Gasteiger partial charge >= 0.3 is 6.61 Å². The summed E-state index contributed by atoms with van der Waals surface area (Å²) in [7, 11) is 0. The Morgan fingerprint density at radius 1 is 0.968 bits per heavy atom. The van der Waals surface area contributed by atoms with Gasteiger partial charge in [-0.3, -0.25) is 4.79 Å². The molecule has 3 aromatic carbocycles. The summed E-state index contributed by atoms with van der Waals surface area (Å²) < 4.78 is 47.7. The van der Waals surface area contributed by atoms with E-state index in [9.17, 15) is 18.0 Å². The van der Waals surface area contributed by atoms with Crippen molar-refractivity contribution in [3.8, 4) is 28.5 Å². The molecular formula is C23H15F3N2O3. The molecule has 0 aliphatic rings. The van der Waals surface area contributed by atoms with Crippen molar-refractivity contribution in [2.24, 2.45) is 0 Å². The molecule has 0 aliphatic carbocycles. The van der Waals surface area contributed by atoms with E-state index in [0.717, 1.165) is 0 Å². The number of hydrogen-bond acceptors (Lipinski definition) is 4. The average molecular weight is 424 g/mol. The average Bonchev–Trinajstić information content (AvgIpc) is 3.25. The topological polar surface area (TPSA) is 64.4 Å². The number of carbonyl (C=O) groups excluding carboxylic acids is 1. The van der Waals surface area contributed by atoms with Crippen molar-refractivity contribution in [3.05, 3.63) is 90.4 Å². The maximum absolute atomic E-state index is 13.1. The van der Waals surface area contributed by atoms with Crippen molar-refractivity contribution in [2.75, 3.05) is 5.32 Å². The lowest BCUT2D eigenvalue weighted by Gasteiger charge is -2.09. The first-order valence-electron chi connectivity index (χ1n) is 9.17. The Hall–Kier alpha value is -4.07. The van der Waals surface area contributed by atoms with Gasteiger partial charge in [0.2, 0.25) is 5.89 Å². The second-order valence-electron chi connectivity index (χ2n) is 6.44. The monoisotopic (exact) mass is 424 g/mol. The Bertz CT molecular complexity index is 1190. The fraction of sp³-hybridized carbons (Fsp3) is 0.0435. The van der Waals surface area contributed by atoms with Gasteiger partial charge in [-0.25, -0.2) is 9.37 Å². The van der Waals surface area contributed by atoms with Crippen LogP contribution < -0.4 is 10.1 Å². The number of rotatable bonds is 6. The van der Waals surface area contributed by atoms with Crippen LogP contribution in [0.25, 0.3) is 22.8 Å². The molecule has 0 bridgehead atoms. The molecule has 1 aromatic heterocycles. The van der Waals surface area contributed by atoms with E-state index >= 15 is 0 Å². The second-order valence-corrected chi connectivity index (χ2v) is 6.44. The van der Waals surface area contributed by atoms with E-state index in [2.05, 4.69) is 15.0 Å². The lowest BCUT2D eigenvalue weighted by molar-refractivity contribution is -0.0498. The minimum Gasteiger partial charge on any atom is -0.436 e. The van der Waals surface area contributed by atoms with E-state index < -0.39 is 12.5 Å². The molecule has 1 heterocycles. The van der Waals surface area contributed by atoms with Crippen molar-refractivity contribution in [1.82, 2.24) is 4.98 Å². The molecule has 0 atom stereocenters. The maximum Gasteiger partial charge on any atom is 0.387 e. The Morgan fingerprint density at radius 2 is 1.68 bits per heavy atom. The maximum atomic E-state index is 13.1. The Balaban J connectivity index is 1.56. The molecule has 0 saturated carbocycles. The SMILES string of the molecule is O=C(Nc1ccc(OC(F)F)cc1)c1ccccc1-c1ncc(-c2ccc(F)cc2)o1. The predicted octanol–water partition coefficient (Wildman–Crippen LogP) is 6.00. The van der Waals surface area contributed by atoms with Crippen LogP contribution in [-0.4, -0.2) is 17.5 Å². The van der Waals surface area contributed by atoms with Crippen molar-refractivity contribution in [1.29, 1.82) is 0 Å². The predicted molar refractivity (Wildman–Crippen MR) is 108 cm³/mol. The fourth-order valence-corrected chi connectivity index (χ4v) is 2.93. The number of anilines is 1. The van der Waals surface area contributed by atoms with Crippen LogP contribution in [0.3, 0.4) is 0 Å². The van der Waals surface area contributed by atoms with Crippen LogP contribution in [0.2, 0.25) is 0 Å². The number of nitrogens with zero attached hydrogens (tertiary/aromatic N) is 1. The molecule has 0 radical (unpaired) electrons. The zero-order chi connectivity index (χ0) is 21.8. The molecule has 0 unspecified atom stereocenters. The van der Waals surface area contributed by atoms with E-state index in [-0.39, 0.29) is 17.5 Å². The molecule has 0 aliphatic heterocycles. The zero-order valence-corrected chi connectivity index (χ0v) is 15.9. The lowest BCUT2D eigenvalue weighted by atomic mass is 10.1. The highest BCUT2D eigenvalue weighted by atomic mass is 19.3. The summed E-state index contributed by atoms with van der Waals surface area (Å²) in [6.45, 7) is -2.92. The lowest BCUT2D eigenvalue weighted by Crippen LogP contribution is -2.13. The van der Waals surface area contributed by atoms with E-state index in [1.165, 1.54) is 42.6 Å². The molecule has 0 saturated heterocycles. The van der Waals surface area contributed by atoms with Crippen LogP contribution in [-0.2, 0) is 0 Å². The smallest absolute Gasteiger partial charge is 0.387 e. The molecule has 1 amide bonds. The van der Waals surface area contributed by atoms with Crippen molar-refractivity contribution >= 4 is 11.6 Å². The van der Waals surface area contributed by atoms with Gasteiger partial charge in [-0.15, -0.1) is 0 Å². The molecular weight excluding hydrogens is 409 g/mol. The van der Waals surface area contributed by atoms with Gasteiger partial charge in [0.05, 0.1) is 11.8 Å². The Labute approximate surface area is 175 Å². The van der Waals surface area contributed by atoms with Gasteiger partial charge < -0.3 is 14.5 Å². The molecule has 0 spiro atoms. The summed E-state index contributed by atoms with van der Waals surface area (Å²) in [5.41, 5.74) is 1.82. The highest BCUT2D eigenvalue weighted by Gasteiger charge is 2.17. The van der Waals surface area contributed by atoms with Crippen LogP contribution >= 0.6 is 0 Å². The third-order valence-electron chi connectivity index (χ3n) is 4.37. The summed E-state index contributed by atoms with van der Waals surface area (Å²) >= 11 is 0. The van der Waals surface area contributed by atoms with E-state index in [1.54, 1.807) is 36.4 Å². The molecule has 156 valence electrons. The van der Waals surface area contributed by atoms with Gasteiger partial charge in [-0.2, -0.15) is 8.78 Å². The van der Waals surface area contributed by atoms with Crippen molar-refractivity contribution in [3.63, 3.8) is 0 Å². The fourth-order valence-electron chi connectivity index (χ4n) is 2.93. The number of halogens is 3. The quantitative estimate of drug-likeness (QED) is 0.412. The first-order valence-corrected chi connectivity index (χ1v) is 9.17. The third-order valence-corrected chi connectivity index (χ3v) is 4.37. The Kier molecular flexibility index (Phi) is 5.70. The van der Waals surface area contributed by atoms with Crippen molar-refractivity contribution < 1.29 is 27.1 Å². The summed E-state index contributed by atoms with van der Waals surface area (Å²) in [6, 6.07) is 18.1. The van der Waals surface area contributed by atoms with Crippen LogP contribution in [0.15, 0.2) is 83.4 Å². The largest absolute Gasteiger partial charge is 0.436 e. The number of carbonyl (C=O) groups is 1. The number of hydrogen-bond donors (Lipinski definition) is 1. The molecule has 5 nitrogen and oxygen atoms in total. The van der Waals surface area contributed by atoms with E-state index in [1.807, 2.05) is 0 Å². The highest BCUT2D eigenvalue weighted by molar-refractivity contribution is 6.08. The summed E-state index contributed by atoms with van der Waals surface area (Å²) in [6.07, 6.45) is 1.50. The van der Waals surface area contributed by atoms with Gasteiger partial charge in [0.15, 0.2) is 5.76 Å². The van der Waals surface area contributed by atoms with E-state index in [4.69, 9.17) is 4.42 Å². The normalized spacial score (nSPS) is 10.8. The molecule has 31 heavy (non-hydrogen) atoms. The molecule has 8 heteroatoms.